The van der Waals surface area contributed by atoms with Crippen molar-refractivity contribution in [1.82, 2.24) is 10.2 Å². The van der Waals surface area contributed by atoms with Crippen LogP contribution in [0.1, 0.15) is 103 Å². The van der Waals surface area contributed by atoms with E-state index in [1.165, 1.54) is 17.0 Å². The molecular formula is C51H59N4O10S3+. The third-order valence-corrected chi connectivity index (χ3v) is 15.6. The quantitative estimate of drug-likeness (QED) is 0.0314. The number of hydrogen-bond donors (Lipinski definition) is 3. The maximum Gasteiger partial charge on any atom is 0.294 e. The van der Waals surface area contributed by atoms with Crippen molar-refractivity contribution in [2.45, 2.75) is 88.6 Å². The summed E-state index contributed by atoms with van der Waals surface area (Å²) in [5.74, 6) is 1.01. The largest absolute Gasteiger partial charge is 0.494 e. The molecule has 14 nitrogen and oxygen atoms in total. The Hall–Kier alpha value is -5.59. The summed E-state index contributed by atoms with van der Waals surface area (Å²) in [5, 5.41) is 3.07. The van der Waals surface area contributed by atoms with Crippen molar-refractivity contribution < 1.29 is 49.6 Å². The number of ether oxygens (including phenoxy) is 1. The molecule has 0 radical (unpaired) electrons. The van der Waals surface area contributed by atoms with Crippen molar-refractivity contribution in [1.29, 1.82) is 0 Å². The van der Waals surface area contributed by atoms with Gasteiger partial charge in [-0.2, -0.15) is 33.2 Å². The second kappa shape index (κ2) is 20.6. The van der Waals surface area contributed by atoms with Crippen molar-refractivity contribution in [3.05, 3.63) is 142 Å². The van der Waals surface area contributed by atoms with Crippen LogP contribution in [0.5, 0.6) is 5.75 Å². The minimum Gasteiger partial charge on any atom is -0.494 e. The Kier molecular flexibility index (Phi) is 15.2. The maximum atomic E-state index is 12.8. The molecule has 3 aliphatic heterocycles. The average molecular weight is 984 g/mol. The SMILES string of the molecule is C[N+]1=C(/C=C/C=C2\N(CCCS(=O)(=O)O)c3ccc(S(=O)(=O)O)cc3C2(C)C)C(C)(C)c2cc(CNC(=O)CSCCCCCCOc3ccc(CN4C(=O)c5ccccc5C4=O)cc3)ccc21. The van der Waals surface area contributed by atoms with Crippen LogP contribution >= 0.6 is 11.8 Å². The van der Waals surface area contributed by atoms with E-state index < -0.39 is 36.8 Å². The number of nitrogens with one attached hydrogen (secondary N) is 1. The van der Waals surface area contributed by atoms with Gasteiger partial charge in [0.1, 0.15) is 12.8 Å². The lowest BCUT2D eigenvalue weighted by Crippen LogP contribution is -2.29. The highest BCUT2D eigenvalue weighted by Crippen LogP contribution is 2.49. The summed E-state index contributed by atoms with van der Waals surface area (Å²) in [5.41, 5.74) is 6.96. The Bertz CT molecular complexity index is 2890. The zero-order chi connectivity index (χ0) is 49.0. The summed E-state index contributed by atoms with van der Waals surface area (Å²) in [6.07, 6.45) is 9.99. The van der Waals surface area contributed by atoms with E-state index in [4.69, 9.17) is 4.74 Å². The first-order chi connectivity index (χ1) is 32.2. The van der Waals surface area contributed by atoms with E-state index in [9.17, 15) is 40.3 Å². The number of carbonyl (C=O) groups excluding carboxylic acids is 3. The van der Waals surface area contributed by atoms with Gasteiger partial charge < -0.3 is 15.0 Å². The summed E-state index contributed by atoms with van der Waals surface area (Å²) >= 11 is 1.62. The molecule has 0 saturated carbocycles. The number of thioether (sulfide) groups is 1. The molecule has 7 rings (SSSR count). The smallest absolute Gasteiger partial charge is 0.294 e. The fourth-order valence-corrected chi connectivity index (χ4v) is 11.0. The number of benzene rings is 4. The van der Waals surface area contributed by atoms with Crippen LogP contribution in [0, 0.1) is 0 Å². The fourth-order valence-electron chi connectivity index (χ4n) is 9.21. The number of allylic oxidation sites excluding steroid dienone is 4. The second-order valence-electron chi connectivity index (χ2n) is 18.4. The van der Waals surface area contributed by atoms with Crippen LogP contribution in [0.4, 0.5) is 11.4 Å². The Labute approximate surface area is 403 Å². The Morgan fingerprint density at radius 1 is 0.794 bits per heavy atom. The summed E-state index contributed by atoms with van der Waals surface area (Å²) in [7, 11) is -6.64. The van der Waals surface area contributed by atoms with Crippen molar-refractivity contribution >= 4 is 66.8 Å². The topological polar surface area (TPSA) is 191 Å². The van der Waals surface area contributed by atoms with Crippen LogP contribution < -0.4 is 15.0 Å². The lowest BCUT2D eigenvalue weighted by atomic mass is 9.80. The van der Waals surface area contributed by atoms with Gasteiger partial charge in [0.2, 0.25) is 11.6 Å². The second-order valence-corrected chi connectivity index (χ2v) is 22.5. The van der Waals surface area contributed by atoms with Crippen LogP contribution in [0.25, 0.3) is 0 Å². The van der Waals surface area contributed by atoms with E-state index in [0.29, 0.717) is 41.3 Å². The third-order valence-electron chi connectivity index (χ3n) is 12.9. The molecule has 4 aromatic carbocycles. The lowest BCUT2D eigenvalue weighted by molar-refractivity contribution is -0.401. The van der Waals surface area contributed by atoms with Gasteiger partial charge in [-0.25, -0.2) is 0 Å². The molecular weight excluding hydrogens is 925 g/mol. The van der Waals surface area contributed by atoms with Gasteiger partial charge in [-0.1, -0.05) is 63.1 Å². The number of hydrogen-bond acceptors (Lipinski definition) is 10. The molecule has 0 aliphatic carbocycles. The first kappa shape index (κ1) is 50.3. The molecule has 0 atom stereocenters. The molecule has 3 N–H and O–H groups in total. The van der Waals surface area contributed by atoms with Crippen LogP contribution in [-0.4, -0.2) is 96.3 Å². The maximum absolute atomic E-state index is 12.8. The van der Waals surface area contributed by atoms with Crippen LogP contribution in [0.2, 0.25) is 0 Å². The number of carbonyl (C=O) groups is 3. The van der Waals surface area contributed by atoms with Crippen molar-refractivity contribution in [2.75, 3.05) is 42.4 Å². The fraction of sp³-hybridized carbons (Fsp3) is 0.373. The number of fused-ring (bicyclic) bond motifs is 3. The molecule has 17 heteroatoms. The summed E-state index contributed by atoms with van der Waals surface area (Å²) in [6, 6.07) is 25.0. The van der Waals surface area contributed by atoms with Gasteiger partial charge in [0.05, 0.1) is 46.1 Å². The van der Waals surface area contributed by atoms with Gasteiger partial charge in [-0.15, -0.1) is 0 Å². The molecule has 3 aliphatic rings. The standard InChI is InChI=1S/C51H58N4O10S3/c1-50(2)41-30-36(32-52-47(56)34-66-28-11-7-6-10-27-65-37-21-18-35(19-22-37)33-55-48(57)39-14-8-9-15-40(39)49(55)58)20-24-43(41)53(5)45(50)16-12-17-46-51(3,4)42-31-38(68(62,63)64)23-25-44(42)54(46)26-13-29-67(59,60)61/h8-9,12,14-25,30-31H,6-7,10-11,13,26-29,32-34H2,1-5H3,(H2-,52,56,59,60,61,62,63,64)/p+1. The first-order valence-corrected chi connectivity index (χ1v) is 26.9. The minimum atomic E-state index is -4.46. The summed E-state index contributed by atoms with van der Waals surface area (Å²) in [6.45, 7) is 9.62. The van der Waals surface area contributed by atoms with Gasteiger partial charge in [0.15, 0.2) is 5.71 Å². The van der Waals surface area contributed by atoms with E-state index in [1.54, 1.807) is 42.1 Å². The summed E-state index contributed by atoms with van der Waals surface area (Å²) < 4.78 is 74.4. The number of rotatable bonds is 21. The van der Waals surface area contributed by atoms with E-state index in [0.717, 1.165) is 71.0 Å². The van der Waals surface area contributed by atoms with Gasteiger partial charge in [0.25, 0.3) is 32.1 Å². The lowest BCUT2D eigenvalue weighted by Gasteiger charge is -2.27. The van der Waals surface area contributed by atoms with Crippen LogP contribution in [0.15, 0.2) is 114 Å². The molecule has 4 aromatic rings. The molecule has 68 heavy (non-hydrogen) atoms. The van der Waals surface area contributed by atoms with Gasteiger partial charge in [-0.3, -0.25) is 28.4 Å². The number of anilines is 1. The highest BCUT2D eigenvalue weighted by molar-refractivity contribution is 7.99. The predicted molar refractivity (Wildman–Crippen MR) is 265 cm³/mol. The predicted octanol–water partition coefficient (Wildman–Crippen LogP) is 8.24. The van der Waals surface area contributed by atoms with E-state index in [1.807, 2.05) is 74.4 Å². The molecule has 0 unspecified atom stereocenters. The zero-order valence-electron chi connectivity index (χ0n) is 39.0. The van der Waals surface area contributed by atoms with E-state index in [-0.39, 0.29) is 42.1 Å². The zero-order valence-corrected chi connectivity index (χ0v) is 41.5. The van der Waals surface area contributed by atoms with Crippen molar-refractivity contribution in [2.24, 2.45) is 0 Å². The normalized spacial score (nSPS) is 16.8. The van der Waals surface area contributed by atoms with E-state index in [2.05, 4.69) is 35.9 Å². The average Bonchev–Trinajstić information content (AvgIpc) is 3.74. The van der Waals surface area contributed by atoms with Gasteiger partial charge in [0, 0.05) is 47.6 Å². The van der Waals surface area contributed by atoms with Crippen LogP contribution in [-0.2, 0) is 49.0 Å². The summed E-state index contributed by atoms with van der Waals surface area (Å²) in [4.78, 5) is 41.2. The molecule has 0 saturated heterocycles. The molecule has 3 heterocycles. The van der Waals surface area contributed by atoms with Gasteiger partial charge in [-0.05, 0) is 110 Å². The Morgan fingerprint density at radius 2 is 1.47 bits per heavy atom. The first-order valence-electron chi connectivity index (χ1n) is 22.7. The Morgan fingerprint density at radius 3 is 2.15 bits per heavy atom. The highest BCUT2D eigenvalue weighted by Gasteiger charge is 2.44. The van der Waals surface area contributed by atoms with Crippen molar-refractivity contribution in [3.8, 4) is 5.75 Å². The number of amides is 3. The number of nitrogens with zero attached hydrogens (tertiary/aromatic N) is 3. The van der Waals surface area contributed by atoms with Crippen LogP contribution in [0.3, 0.4) is 0 Å². The molecule has 0 bridgehead atoms. The molecule has 3 amide bonds. The Balaban J connectivity index is 0.836. The molecule has 360 valence electrons. The third kappa shape index (κ3) is 11.3. The van der Waals surface area contributed by atoms with Crippen molar-refractivity contribution in [3.63, 3.8) is 0 Å². The molecule has 0 aromatic heterocycles. The van der Waals surface area contributed by atoms with E-state index >= 15 is 0 Å². The highest BCUT2D eigenvalue weighted by atomic mass is 32.2. The minimum absolute atomic E-state index is 0.0172. The molecule has 0 fully saturated rings. The molecule has 0 spiro atoms. The number of imide groups is 1. The van der Waals surface area contributed by atoms with Gasteiger partial charge >= 0.3 is 0 Å². The number of unbranched alkanes of at least 4 members (excludes halogenated alkanes) is 3. The monoisotopic (exact) mass is 983 g/mol.